The highest BCUT2D eigenvalue weighted by Crippen LogP contribution is 2.37. The van der Waals surface area contributed by atoms with Crippen molar-refractivity contribution in [3.8, 4) is 39.6 Å². The topological polar surface area (TPSA) is 129 Å². The Bertz CT molecular complexity index is 1370. The molecule has 0 saturated carbocycles. The average Bonchev–Trinajstić information content (AvgIpc) is 3.36. The lowest BCUT2D eigenvalue weighted by molar-refractivity contribution is 0.201. The highest BCUT2D eigenvalue weighted by molar-refractivity contribution is 7.98. The molecule has 2 aromatic carbocycles. The van der Waals surface area contributed by atoms with E-state index in [1.165, 1.54) is 11.8 Å². The molecule has 0 bridgehead atoms. The average molecular weight is 486 g/mol. The number of hydrogen-bond donors (Lipinski definition) is 2. The molecule has 4 aromatic rings. The summed E-state index contributed by atoms with van der Waals surface area (Å²) in [4.78, 5) is 9.05. The Balaban J connectivity index is 1.64. The van der Waals surface area contributed by atoms with Crippen LogP contribution in [-0.4, -0.2) is 28.3 Å². The van der Waals surface area contributed by atoms with Gasteiger partial charge in [0.1, 0.15) is 45.9 Å². The molecule has 0 aliphatic heterocycles. The molecular weight excluding hydrogens is 466 g/mol. The van der Waals surface area contributed by atoms with Gasteiger partial charge in [-0.2, -0.15) is 10.5 Å². The molecule has 34 heavy (non-hydrogen) atoms. The number of anilines is 1. The number of nitriles is 2. The number of ether oxygens (including phenoxy) is 1. The lowest BCUT2D eigenvalue weighted by Gasteiger charge is -2.13. The zero-order valence-corrected chi connectivity index (χ0v) is 19.6. The number of aliphatic hydroxyl groups is 1. The second-order valence-electron chi connectivity index (χ2n) is 7.05. The summed E-state index contributed by atoms with van der Waals surface area (Å²) < 4.78 is 5.40. The van der Waals surface area contributed by atoms with Gasteiger partial charge in [0.25, 0.3) is 0 Å². The van der Waals surface area contributed by atoms with Gasteiger partial charge < -0.3 is 15.6 Å². The molecule has 3 N–H and O–H groups in total. The SMILES string of the molecule is N#Cc1c(N)nc(SCc2csc(-c3ccccc3)n2)c(C#N)c1-c1ccc(OCCO)cc1. The molecular formula is C25H19N5O2S2. The van der Waals surface area contributed by atoms with Crippen LogP contribution in [0, 0.1) is 22.7 Å². The van der Waals surface area contributed by atoms with Crippen molar-refractivity contribution in [1.29, 1.82) is 10.5 Å². The Hall–Kier alpha value is -3.89. The van der Waals surface area contributed by atoms with Crippen LogP contribution in [0.25, 0.3) is 21.7 Å². The summed E-state index contributed by atoms with van der Waals surface area (Å²) >= 11 is 2.92. The minimum absolute atomic E-state index is 0.0721. The normalized spacial score (nSPS) is 10.4. The predicted molar refractivity (Wildman–Crippen MR) is 133 cm³/mol. The van der Waals surface area contributed by atoms with Crippen molar-refractivity contribution in [2.45, 2.75) is 10.8 Å². The first-order chi connectivity index (χ1) is 16.6. The third kappa shape index (κ3) is 5.03. The highest BCUT2D eigenvalue weighted by atomic mass is 32.2. The standard InChI is InChI=1S/C25H19N5O2S2/c26-12-20-22(16-6-8-19(9-7-16)32-11-10-31)21(13-27)25(30-23(20)28)34-15-18-14-33-24(29-18)17-4-2-1-3-5-17/h1-9,14,31H,10-11,15H2,(H2,28,30). The molecule has 0 unspecified atom stereocenters. The van der Waals surface area contributed by atoms with E-state index in [9.17, 15) is 10.5 Å². The molecule has 7 nitrogen and oxygen atoms in total. The van der Waals surface area contributed by atoms with Gasteiger partial charge in [0, 0.05) is 22.3 Å². The molecule has 2 aromatic heterocycles. The van der Waals surface area contributed by atoms with Crippen LogP contribution in [-0.2, 0) is 5.75 Å². The van der Waals surface area contributed by atoms with Gasteiger partial charge in [-0.05, 0) is 17.7 Å². The van der Waals surface area contributed by atoms with Gasteiger partial charge in [-0.1, -0.05) is 54.2 Å². The molecule has 0 aliphatic rings. The minimum Gasteiger partial charge on any atom is -0.491 e. The fourth-order valence-electron chi connectivity index (χ4n) is 3.30. The number of hydrogen-bond acceptors (Lipinski definition) is 9. The summed E-state index contributed by atoms with van der Waals surface area (Å²) in [6.45, 7) is 0.0874. The van der Waals surface area contributed by atoms with E-state index in [4.69, 9.17) is 20.6 Å². The van der Waals surface area contributed by atoms with Crippen LogP contribution in [0.4, 0.5) is 5.82 Å². The third-order valence-electron chi connectivity index (χ3n) is 4.85. The van der Waals surface area contributed by atoms with E-state index >= 15 is 0 Å². The Morgan fingerprint density at radius 3 is 2.38 bits per heavy atom. The summed E-state index contributed by atoms with van der Waals surface area (Å²) in [5.41, 5.74) is 9.58. The maximum absolute atomic E-state index is 9.97. The van der Waals surface area contributed by atoms with Crippen LogP contribution in [0.5, 0.6) is 5.75 Å². The van der Waals surface area contributed by atoms with E-state index in [2.05, 4.69) is 17.1 Å². The molecule has 0 atom stereocenters. The van der Waals surface area contributed by atoms with Crippen LogP contribution < -0.4 is 10.5 Å². The van der Waals surface area contributed by atoms with E-state index < -0.39 is 0 Å². The van der Waals surface area contributed by atoms with Crippen LogP contribution in [0.3, 0.4) is 0 Å². The lowest BCUT2D eigenvalue weighted by Crippen LogP contribution is -2.04. The van der Waals surface area contributed by atoms with E-state index in [0.717, 1.165) is 16.3 Å². The molecule has 4 rings (SSSR count). The first kappa shape index (κ1) is 23.3. The van der Waals surface area contributed by atoms with Gasteiger partial charge in [-0.15, -0.1) is 11.3 Å². The molecule has 0 fully saturated rings. The van der Waals surface area contributed by atoms with Crippen molar-refractivity contribution in [2.75, 3.05) is 18.9 Å². The van der Waals surface area contributed by atoms with Gasteiger partial charge in [0.2, 0.25) is 0 Å². The van der Waals surface area contributed by atoms with Crippen molar-refractivity contribution in [1.82, 2.24) is 9.97 Å². The number of nitrogens with zero attached hydrogens (tertiary/aromatic N) is 4. The van der Waals surface area contributed by atoms with Crippen molar-refractivity contribution < 1.29 is 9.84 Å². The molecule has 168 valence electrons. The van der Waals surface area contributed by atoms with Gasteiger partial charge >= 0.3 is 0 Å². The van der Waals surface area contributed by atoms with E-state index in [-0.39, 0.29) is 24.6 Å². The smallest absolute Gasteiger partial charge is 0.143 e. The second-order valence-corrected chi connectivity index (χ2v) is 8.87. The molecule has 2 heterocycles. The number of rotatable bonds is 8. The minimum atomic E-state index is -0.0911. The molecule has 0 aliphatic carbocycles. The van der Waals surface area contributed by atoms with Crippen LogP contribution >= 0.6 is 23.1 Å². The number of pyridine rings is 1. The van der Waals surface area contributed by atoms with Gasteiger partial charge in [0.05, 0.1) is 17.9 Å². The maximum Gasteiger partial charge on any atom is 0.143 e. The summed E-state index contributed by atoms with van der Waals surface area (Å²) in [7, 11) is 0. The zero-order chi connectivity index (χ0) is 23.9. The number of benzene rings is 2. The van der Waals surface area contributed by atoms with Gasteiger partial charge in [-0.3, -0.25) is 0 Å². The molecule has 0 spiro atoms. The molecule has 9 heteroatoms. The summed E-state index contributed by atoms with van der Waals surface area (Å²) in [6, 6.07) is 21.2. The maximum atomic E-state index is 9.97. The Labute approximate surface area is 205 Å². The Kier molecular flexibility index (Phi) is 7.41. The first-order valence-corrected chi connectivity index (χ1v) is 12.1. The summed E-state index contributed by atoms with van der Waals surface area (Å²) in [5.74, 6) is 1.15. The third-order valence-corrected chi connectivity index (χ3v) is 6.80. The number of thiazole rings is 1. The second kappa shape index (κ2) is 10.8. The number of aromatic nitrogens is 2. The Morgan fingerprint density at radius 2 is 1.71 bits per heavy atom. The van der Waals surface area contributed by atoms with E-state index in [1.807, 2.05) is 35.7 Å². The molecule has 0 amide bonds. The predicted octanol–water partition coefficient (Wildman–Crippen LogP) is 4.86. The number of nitrogens with two attached hydrogens (primary N) is 1. The monoisotopic (exact) mass is 485 g/mol. The number of nitrogen functional groups attached to an aromatic ring is 1. The fourth-order valence-corrected chi connectivity index (χ4v) is 5.12. The first-order valence-electron chi connectivity index (χ1n) is 10.2. The van der Waals surface area contributed by atoms with E-state index in [0.29, 0.717) is 33.2 Å². The summed E-state index contributed by atoms with van der Waals surface area (Å²) in [6.07, 6.45) is 0. The lowest BCUT2D eigenvalue weighted by atomic mass is 9.97. The molecule has 0 saturated heterocycles. The largest absolute Gasteiger partial charge is 0.491 e. The van der Waals surface area contributed by atoms with Gasteiger partial charge in [-0.25, -0.2) is 9.97 Å². The van der Waals surface area contributed by atoms with Crippen LogP contribution in [0.2, 0.25) is 0 Å². The number of thioether (sulfide) groups is 1. The number of aliphatic hydroxyl groups excluding tert-OH is 1. The van der Waals surface area contributed by atoms with Crippen molar-refractivity contribution >= 4 is 28.9 Å². The van der Waals surface area contributed by atoms with Crippen LogP contribution in [0.1, 0.15) is 16.8 Å². The van der Waals surface area contributed by atoms with E-state index in [1.54, 1.807) is 35.6 Å². The van der Waals surface area contributed by atoms with Gasteiger partial charge in [0.15, 0.2) is 0 Å². The van der Waals surface area contributed by atoms with Crippen molar-refractivity contribution in [2.24, 2.45) is 0 Å². The fraction of sp³-hybridized carbons (Fsp3) is 0.120. The Morgan fingerprint density at radius 1 is 0.971 bits per heavy atom. The quantitative estimate of drug-likeness (QED) is 0.339. The highest BCUT2D eigenvalue weighted by Gasteiger charge is 2.21. The van der Waals surface area contributed by atoms with Crippen molar-refractivity contribution in [3.05, 3.63) is 76.8 Å². The van der Waals surface area contributed by atoms with Crippen molar-refractivity contribution in [3.63, 3.8) is 0 Å². The summed E-state index contributed by atoms with van der Waals surface area (Å²) in [5, 5.41) is 32.0. The zero-order valence-electron chi connectivity index (χ0n) is 17.9. The molecule has 0 radical (unpaired) electrons. The van der Waals surface area contributed by atoms with Crippen LogP contribution in [0.15, 0.2) is 65.0 Å².